The summed E-state index contributed by atoms with van der Waals surface area (Å²) < 4.78 is 26.7. The van der Waals surface area contributed by atoms with Crippen LogP contribution in [0, 0.1) is 0 Å². The summed E-state index contributed by atoms with van der Waals surface area (Å²) >= 11 is 5.78. The number of nitrogens with zero attached hydrogens (tertiary/aromatic N) is 1. The fourth-order valence-electron chi connectivity index (χ4n) is 2.31. The highest BCUT2D eigenvalue weighted by Gasteiger charge is 2.22. The first-order valence-corrected chi connectivity index (χ1v) is 8.41. The second kappa shape index (κ2) is 6.22. The van der Waals surface area contributed by atoms with Crippen LogP contribution in [0.1, 0.15) is 18.4 Å². The molecule has 1 saturated heterocycles. The van der Waals surface area contributed by atoms with E-state index >= 15 is 0 Å². The van der Waals surface area contributed by atoms with Gasteiger partial charge < -0.3 is 4.90 Å². The molecule has 0 amide bonds. The minimum Gasteiger partial charge on any atom is -0.302 e. The molecule has 1 heterocycles. The third-order valence-corrected chi connectivity index (χ3v) is 5.05. The highest BCUT2D eigenvalue weighted by molar-refractivity contribution is 7.88. The van der Waals surface area contributed by atoms with Crippen molar-refractivity contribution in [2.24, 2.45) is 0 Å². The Morgan fingerprint density at radius 3 is 2.63 bits per heavy atom. The van der Waals surface area contributed by atoms with Crippen molar-refractivity contribution in [1.82, 2.24) is 9.62 Å². The first-order valence-electron chi connectivity index (χ1n) is 6.38. The van der Waals surface area contributed by atoms with Crippen LogP contribution >= 0.6 is 11.6 Å². The zero-order valence-electron chi connectivity index (χ0n) is 11.0. The Bertz CT molecular complexity index is 516. The molecule has 6 heteroatoms. The molecule has 1 atom stereocenters. The number of likely N-dealkylation sites (N-methyl/N-ethyl adjacent to an activating group) is 1. The first-order chi connectivity index (χ1) is 8.96. The molecule has 0 bridgehead atoms. The minimum atomic E-state index is -3.28. The van der Waals surface area contributed by atoms with Gasteiger partial charge in [0.05, 0.1) is 5.75 Å². The van der Waals surface area contributed by atoms with E-state index in [9.17, 15) is 8.42 Å². The van der Waals surface area contributed by atoms with E-state index in [0.29, 0.717) is 17.6 Å². The van der Waals surface area contributed by atoms with E-state index in [1.807, 2.05) is 7.05 Å². The summed E-state index contributed by atoms with van der Waals surface area (Å²) in [4.78, 5) is 2.20. The molecule has 0 saturated carbocycles. The third kappa shape index (κ3) is 4.45. The molecule has 0 aliphatic carbocycles. The molecule has 1 aromatic carbocycles. The average molecular weight is 303 g/mol. The number of hydrogen-bond donors (Lipinski definition) is 1. The SMILES string of the molecule is CN1CCCC1CNS(=O)(=O)Cc1ccc(Cl)cc1. The van der Waals surface area contributed by atoms with Crippen molar-refractivity contribution in [1.29, 1.82) is 0 Å². The number of benzene rings is 1. The maximum Gasteiger partial charge on any atom is 0.215 e. The predicted molar refractivity (Wildman–Crippen MR) is 77.7 cm³/mol. The zero-order valence-corrected chi connectivity index (χ0v) is 12.5. The smallest absolute Gasteiger partial charge is 0.215 e. The van der Waals surface area contributed by atoms with E-state index in [1.165, 1.54) is 0 Å². The molecule has 4 nitrogen and oxygen atoms in total. The zero-order chi connectivity index (χ0) is 13.9. The van der Waals surface area contributed by atoms with Gasteiger partial charge in [0.15, 0.2) is 0 Å². The Labute approximate surface area is 119 Å². The van der Waals surface area contributed by atoms with Crippen LogP contribution in [0.4, 0.5) is 0 Å². The second-order valence-corrected chi connectivity index (χ2v) is 7.25. The van der Waals surface area contributed by atoms with Gasteiger partial charge in [0.25, 0.3) is 0 Å². The van der Waals surface area contributed by atoms with Crippen molar-refractivity contribution in [3.63, 3.8) is 0 Å². The number of likely N-dealkylation sites (tertiary alicyclic amines) is 1. The lowest BCUT2D eigenvalue weighted by atomic mass is 10.2. The van der Waals surface area contributed by atoms with Crippen LogP contribution in [0.15, 0.2) is 24.3 Å². The molecule has 0 aromatic heterocycles. The van der Waals surface area contributed by atoms with Gasteiger partial charge in [0.2, 0.25) is 10.0 Å². The Morgan fingerprint density at radius 2 is 2.05 bits per heavy atom. The summed E-state index contributed by atoms with van der Waals surface area (Å²) in [5.74, 6) is 0.000598. The van der Waals surface area contributed by atoms with Crippen LogP contribution in [0.2, 0.25) is 5.02 Å². The lowest BCUT2D eigenvalue weighted by Crippen LogP contribution is -2.38. The van der Waals surface area contributed by atoms with Crippen LogP contribution in [0.5, 0.6) is 0 Å². The largest absolute Gasteiger partial charge is 0.302 e. The third-order valence-electron chi connectivity index (χ3n) is 3.48. The van der Waals surface area contributed by atoms with Crippen molar-refractivity contribution in [3.8, 4) is 0 Å². The quantitative estimate of drug-likeness (QED) is 0.903. The van der Waals surface area contributed by atoms with Gasteiger partial charge in [-0.05, 0) is 44.1 Å². The van der Waals surface area contributed by atoms with Gasteiger partial charge in [0.1, 0.15) is 0 Å². The molecular weight excluding hydrogens is 284 g/mol. The molecule has 0 spiro atoms. The van der Waals surface area contributed by atoms with Crippen molar-refractivity contribution in [2.75, 3.05) is 20.1 Å². The maximum absolute atomic E-state index is 12.0. The highest BCUT2D eigenvalue weighted by Crippen LogP contribution is 2.15. The monoisotopic (exact) mass is 302 g/mol. The molecule has 106 valence electrons. The van der Waals surface area contributed by atoms with Crippen molar-refractivity contribution >= 4 is 21.6 Å². The number of hydrogen-bond acceptors (Lipinski definition) is 3. The van der Waals surface area contributed by atoms with Crippen LogP contribution in [-0.2, 0) is 15.8 Å². The summed E-state index contributed by atoms with van der Waals surface area (Å²) in [6, 6.07) is 7.21. The Hall–Kier alpha value is -0.620. The van der Waals surface area contributed by atoms with Crippen LogP contribution in [0.3, 0.4) is 0 Å². The van der Waals surface area contributed by atoms with Crippen LogP contribution in [0.25, 0.3) is 0 Å². The predicted octanol–water partition coefficient (Wildman–Crippen LogP) is 1.85. The van der Waals surface area contributed by atoms with E-state index in [1.54, 1.807) is 24.3 Å². The summed E-state index contributed by atoms with van der Waals surface area (Å²) in [5.41, 5.74) is 0.747. The molecule has 1 aliphatic heterocycles. The van der Waals surface area contributed by atoms with E-state index in [-0.39, 0.29) is 5.75 Å². The Morgan fingerprint density at radius 1 is 1.37 bits per heavy atom. The van der Waals surface area contributed by atoms with Gasteiger partial charge >= 0.3 is 0 Å². The van der Waals surface area contributed by atoms with E-state index in [0.717, 1.165) is 24.9 Å². The van der Waals surface area contributed by atoms with Gasteiger partial charge in [-0.15, -0.1) is 0 Å². The fourth-order valence-corrected chi connectivity index (χ4v) is 3.62. The molecule has 1 N–H and O–H groups in total. The molecule has 1 unspecified atom stereocenters. The van der Waals surface area contributed by atoms with Gasteiger partial charge in [-0.2, -0.15) is 0 Å². The summed E-state index contributed by atoms with van der Waals surface area (Å²) in [6.45, 7) is 1.54. The minimum absolute atomic E-state index is 0.000598. The van der Waals surface area contributed by atoms with Crippen molar-refractivity contribution < 1.29 is 8.42 Å². The molecule has 19 heavy (non-hydrogen) atoms. The van der Waals surface area contributed by atoms with Gasteiger partial charge in [-0.25, -0.2) is 13.1 Å². The molecular formula is C13H19ClN2O2S. The summed E-state index contributed by atoms with van der Waals surface area (Å²) in [5, 5.41) is 0.613. The summed E-state index contributed by atoms with van der Waals surface area (Å²) in [7, 11) is -1.25. The lowest BCUT2D eigenvalue weighted by molar-refractivity contribution is 0.311. The van der Waals surface area contributed by atoms with Crippen molar-refractivity contribution in [3.05, 3.63) is 34.9 Å². The van der Waals surface area contributed by atoms with E-state index in [2.05, 4.69) is 9.62 Å². The number of sulfonamides is 1. The van der Waals surface area contributed by atoms with E-state index in [4.69, 9.17) is 11.6 Å². The molecule has 1 aromatic rings. The van der Waals surface area contributed by atoms with Crippen LogP contribution < -0.4 is 4.72 Å². The van der Waals surface area contributed by atoms with Gasteiger partial charge in [-0.3, -0.25) is 0 Å². The summed E-state index contributed by atoms with van der Waals surface area (Å²) in [6.07, 6.45) is 2.19. The van der Waals surface area contributed by atoms with E-state index < -0.39 is 10.0 Å². The Kier molecular flexibility index (Phi) is 4.84. The maximum atomic E-state index is 12.0. The first kappa shape index (κ1) is 14.8. The number of halogens is 1. The standard InChI is InChI=1S/C13H19ClN2O2S/c1-16-8-2-3-13(16)9-15-19(17,18)10-11-4-6-12(14)7-5-11/h4-7,13,15H,2-3,8-10H2,1H3. The normalized spacial score (nSPS) is 20.8. The number of nitrogens with one attached hydrogen (secondary N) is 1. The lowest BCUT2D eigenvalue weighted by Gasteiger charge is -2.19. The second-order valence-electron chi connectivity index (χ2n) is 5.01. The molecule has 0 radical (unpaired) electrons. The van der Waals surface area contributed by atoms with Crippen molar-refractivity contribution in [2.45, 2.75) is 24.6 Å². The fraction of sp³-hybridized carbons (Fsp3) is 0.538. The number of rotatable bonds is 5. The molecule has 2 rings (SSSR count). The van der Waals surface area contributed by atoms with Gasteiger partial charge in [0, 0.05) is 17.6 Å². The highest BCUT2D eigenvalue weighted by atomic mass is 35.5. The molecule has 1 fully saturated rings. The van der Waals surface area contributed by atoms with Gasteiger partial charge in [-0.1, -0.05) is 23.7 Å². The topological polar surface area (TPSA) is 49.4 Å². The molecule has 1 aliphatic rings. The average Bonchev–Trinajstić information content (AvgIpc) is 2.75. The van der Waals surface area contributed by atoms with Crippen LogP contribution in [-0.4, -0.2) is 39.5 Å². The Balaban J connectivity index is 1.89.